The molecule has 1 rings (SSSR count). The molecular formula is C13H17NO5. The highest BCUT2D eigenvalue weighted by Gasteiger charge is 2.18. The molecule has 0 bridgehead atoms. The van der Waals surface area contributed by atoms with E-state index in [2.05, 4.69) is 0 Å². The number of aliphatic carboxylic acids is 1. The van der Waals surface area contributed by atoms with Crippen molar-refractivity contribution in [2.24, 2.45) is 0 Å². The summed E-state index contributed by atoms with van der Waals surface area (Å²) in [6.07, 6.45) is 0. The summed E-state index contributed by atoms with van der Waals surface area (Å²) in [5.74, 6) is -1.39. The second-order valence-corrected chi connectivity index (χ2v) is 4.11. The molecule has 0 heterocycles. The number of carbonyl (C=O) groups is 2. The molecule has 0 fully saturated rings. The van der Waals surface area contributed by atoms with Gasteiger partial charge < -0.3 is 19.8 Å². The van der Waals surface area contributed by atoms with Crippen molar-refractivity contribution >= 4 is 11.9 Å². The van der Waals surface area contributed by atoms with Gasteiger partial charge in [-0.15, -0.1) is 0 Å². The predicted octanol–water partition coefficient (Wildman–Crippen LogP) is 0.874. The van der Waals surface area contributed by atoms with Crippen molar-refractivity contribution in [1.29, 1.82) is 0 Å². The van der Waals surface area contributed by atoms with Crippen molar-refractivity contribution in [3.63, 3.8) is 0 Å². The molecule has 0 aliphatic heterocycles. The molecule has 0 aliphatic carbocycles. The predicted molar refractivity (Wildman–Crippen MR) is 68.3 cm³/mol. The van der Waals surface area contributed by atoms with E-state index in [1.54, 1.807) is 6.92 Å². The Bertz CT molecular complexity index is 472. The molecule has 0 spiro atoms. The van der Waals surface area contributed by atoms with Crippen molar-refractivity contribution in [2.45, 2.75) is 6.92 Å². The minimum Gasteiger partial charge on any atom is -0.508 e. The summed E-state index contributed by atoms with van der Waals surface area (Å²) < 4.78 is 4.86. The highest BCUT2D eigenvalue weighted by Crippen LogP contribution is 2.18. The lowest BCUT2D eigenvalue weighted by Gasteiger charge is -2.20. The van der Waals surface area contributed by atoms with Crippen LogP contribution >= 0.6 is 0 Å². The maximum atomic E-state index is 12.2. The molecule has 0 aromatic heterocycles. The van der Waals surface area contributed by atoms with Gasteiger partial charge in [0.25, 0.3) is 5.91 Å². The Morgan fingerprint density at radius 1 is 1.37 bits per heavy atom. The maximum Gasteiger partial charge on any atom is 0.323 e. The molecule has 1 aromatic carbocycles. The maximum absolute atomic E-state index is 12.2. The number of carboxylic acids is 1. The first-order valence-corrected chi connectivity index (χ1v) is 5.75. The molecule has 1 amide bonds. The standard InChI is InChI=1S/C13H17NO5/c1-9-7-10(3-4-11(9)15)13(18)14(5-6-19-2)8-12(16)17/h3-4,7,15H,5-6,8H2,1-2H3,(H,16,17). The van der Waals surface area contributed by atoms with Gasteiger partial charge in [-0.2, -0.15) is 0 Å². The largest absolute Gasteiger partial charge is 0.508 e. The molecule has 19 heavy (non-hydrogen) atoms. The normalized spacial score (nSPS) is 10.2. The Hall–Kier alpha value is -2.08. The van der Waals surface area contributed by atoms with Crippen molar-refractivity contribution in [2.75, 3.05) is 26.8 Å². The quantitative estimate of drug-likeness (QED) is 0.798. The van der Waals surface area contributed by atoms with Gasteiger partial charge in [0.2, 0.25) is 0 Å². The van der Waals surface area contributed by atoms with Crippen LogP contribution in [0.3, 0.4) is 0 Å². The van der Waals surface area contributed by atoms with Crippen LogP contribution in [0.2, 0.25) is 0 Å². The zero-order valence-electron chi connectivity index (χ0n) is 10.9. The number of aromatic hydroxyl groups is 1. The summed E-state index contributed by atoms with van der Waals surface area (Å²) in [7, 11) is 1.48. The highest BCUT2D eigenvalue weighted by molar-refractivity contribution is 5.96. The Labute approximate surface area is 111 Å². The second-order valence-electron chi connectivity index (χ2n) is 4.11. The van der Waals surface area contributed by atoms with Crippen LogP contribution in [-0.2, 0) is 9.53 Å². The van der Waals surface area contributed by atoms with Gasteiger partial charge in [-0.25, -0.2) is 0 Å². The van der Waals surface area contributed by atoms with Crippen LogP contribution in [0.5, 0.6) is 5.75 Å². The number of carbonyl (C=O) groups excluding carboxylic acids is 1. The van der Waals surface area contributed by atoms with Crippen molar-refractivity contribution in [1.82, 2.24) is 4.90 Å². The summed E-state index contributed by atoms with van der Waals surface area (Å²) in [6.45, 7) is 1.74. The van der Waals surface area contributed by atoms with Gasteiger partial charge in [-0.3, -0.25) is 9.59 Å². The summed E-state index contributed by atoms with van der Waals surface area (Å²) in [4.78, 5) is 24.1. The molecule has 0 aliphatic rings. The van der Waals surface area contributed by atoms with E-state index in [0.717, 1.165) is 0 Å². The lowest BCUT2D eigenvalue weighted by Crippen LogP contribution is -2.38. The minimum atomic E-state index is -1.08. The van der Waals surface area contributed by atoms with E-state index in [-0.39, 0.29) is 25.4 Å². The topological polar surface area (TPSA) is 87.1 Å². The van der Waals surface area contributed by atoms with Crippen molar-refractivity contribution in [3.05, 3.63) is 29.3 Å². The zero-order chi connectivity index (χ0) is 14.4. The van der Waals surface area contributed by atoms with Crippen LogP contribution < -0.4 is 0 Å². The molecule has 1 aromatic rings. The molecule has 0 atom stereocenters. The number of aryl methyl sites for hydroxylation is 1. The lowest BCUT2D eigenvalue weighted by atomic mass is 10.1. The number of amides is 1. The molecule has 0 saturated heterocycles. The van der Waals surface area contributed by atoms with E-state index in [9.17, 15) is 14.7 Å². The highest BCUT2D eigenvalue weighted by atomic mass is 16.5. The fraction of sp³-hybridized carbons (Fsp3) is 0.385. The smallest absolute Gasteiger partial charge is 0.323 e. The molecule has 6 heteroatoms. The van der Waals surface area contributed by atoms with Crippen LogP contribution in [0.15, 0.2) is 18.2 Å². The Morgan fingerprint density at radius 3 is 2.58 bits per heavy atom. The third-order valence-electron chi connectivity index (χ3n) is 2.62. The zero-order valence-corrected chi connectivity index (χ0v) is 10.9. The Kier molecular flexibility index (Phi) is 5.32. The van der Waals surface area contributed by atoms with E-state index in [1.165, 1.54) is 30.2 Å². The number of benzene rings is 1. The minimum absolute atomic E-state index is 0.0956. The summed E-state index contributed by atoms with van der Waals surface area (Å²) in [5, 5.41) is 18.2. The van der Waals surface area contributed by atoms with E-state index in [4.69, 9.17) is 9.84 Å². The fourth-order valence-corrected chi connectivity index (χ4v) is 1.59. The van der Waals surface area contributed by atoms with Crippen molar-refractivity contribution < 1.29 is 24.5 Å². The first-order valence-electron chi connectivity index (χ1n) is 5.75. The number of nitrogens with zero attached hydrogens (tertiary/aromatic N) is 1. The van der Waals surface area contributed by atoms with Gasteiger partial charge in [-0.05, 0) is 30.7 Å². The van der Waals surface area contributed by atoms with E-state index in [1.807, 2.05) is 0 Å². The number of hydrogen-bond acceptors (Lipinski definition) is 4. The average molecular weight is 267 g/mol. The number of carboxylic acid groups (broad SMARTS) is 1. The van der Waals surface area contributed by atoms with Crippen LogP contribution in [0, 0.1) is 6.92 Å². The first kappa shape index (κ1) is 15.0. The Morgan fingerprint density at radius 2 is 2.05 bits per heavy atom. The van der Waals surface area contributed by atoms with Crippen molar-refractivity contribution in [3.8, 4) is 5.75 Å². The van der Waals surface area contributed by atoms with Gasteiger partial charge in [0.05, 0.1) is 6.61 Å². The Balaban J connectivity index is 2.90. The molecule has 0 saturated carbocycles. The third kappa shape index (κ3) is 4.26. The number of phenolic OH excluding ortho intramolecular Hbond substituents is 1. The summed E-state index contributed by atoms with van der Waals surface area (Å²) in [5.41, 5.74) is 0.903. The molecule has 0 unspecified atom stereocenters. The van der Waals surface area contributed by atoms with Crippen LogP contribution in [0.25, 0.3) is 0 Å². The third-order valence-corrected chi connectivity index (χ3v) is 2.62. The van der Waals surface area contributed by atoms with E-state index < -0.39 is 11.9 Å². The lowest BCUT2D eigenvalue weighted by molar-refractivity contribution is -0.137. The van der Waals surface area contributed by atoms with E-state index in [0.29, 0.717) is 11.1 Å². The molecule has 104 valence electrons. The fourth-order valence-electron chi connectivity index (χ4n) is 1.59. The number of phenols is 1. The average Bonchev–Trinajstić information content (AvgIpc) is 2.36. The van der Waals surface area contributed by atoms with Gasteiger partial charge >= 0.3 is 5.97 Å². The van der Waals surface area contributed by atoms with Gasteiger partial charge in [0, 0.05) is 19.2 Å². The van der Waals surface area contributed by atoms with Gasteiger partial charge in [0.15, 0.2) is 0 Å². The number of rotatable bonds is 6. The monoisotopic (exact) mass is 267 g/mol. The van der Waals surface area contributed by atoms with Gasteiger partial charge in [0.1, 0.15) is 12.3 Å². The van der Waals surface area contributed by atoms with Crippen LogP contribution in [0.4, 0.5) is 0 Å². The second kappa shape index (κ2) is 6.75. The van der Waals surface area contributed by atoms with Crippen LogP contribution in [-0.4, -0.2) is 53.8 Å². The summed E-state index contributed by atoms with van der Waals surface area (Å²) in [6, 6.07) is 4.41. The number of ether oxygens (including phenoxy) is 1. The molecule has 2 N–H and O–H groups in total. The number of hydrogen-bond donors (Lipinski definition) is 2. The van der Waals surface area contributed by atoms with E-state index >= 15 is 0 Å². The van der Waals surface area contributed by atoms with Crippen LogP contribution in [0.1, 0.15) is 15.9 Å². The first-order chi connectivity index (χ1) is 8.95. The molecular weight excluding hydrogens is 250 g/mol. The van der Waals surface area contributed by atoms with Gasteiger partial charge in [-0.1, -0.05) is 0 Å². The summed E-state index contributed by atoms with van der Waals surface area (Å²) >= 11 is 0. The SMILES string of the molecule is COCCN(CC(=O)O)C(=O)c1ccc(O)c(C)c1. The molecule has 6 nitrogen and oxygen atoms in total. The number of methoxy groups -OCH3 is 1. The molecule has 0 radical (unpaired) electrons.